The van der Waals surface area contributed by atoms with Gasteiger partial charge >= 0.3 is 11.9 Å². The first kappa shape index (κ1) is 20.2. The second-order valence-corrected chi connectivity index (χ2v) is 5.34. The third-order valence-electron chi connectivity index (χ3n) is 3.55. The summed E-state index contributed by atoms with van der Waals surface area (Å²) in [6.07, 6.45) is 0.718. The summed E-state index contributed by atoms with van der Waals surface area (Å²) in [5.74, 6) is 0.0181. The van der Waals surface area contributed by atoms with Crippen LogP contribution in [0.4, 0.5) is 0 Å². The molecule has 1 aromatic carbocycles. The molecular formula is C18H23N3O6. The van der Waals surface area contributed by atoms with Crippen molar-refractivity contribution in [1.29, 1.82) is 0 Å². The molecule has 1 N–H and O–H groups in total. The SMILES string of the molecule is CCOC(=O)CCCOc1c(OC)cccc1-c1n[nH]nc1C(=O)OCC. The molecule has 2 rings (SSSR count). The number of H-pyrrole nitrogens is 1. The maximum atomic E-state index is 12.1. The number of carbonyl (C=O) groups is 2. The Bertz CT molecular complexity index is 774. The summed E-state index contributed by atoms with van der Waals surface area (Å²) in [5.41, 5.74) is 0.886. The van der Waals surface area contributed by atoms with Gasteiger partial charge in [0.15, 0.2) is 17.2 Å². The number of esters is 2. The fraction of sp³-hybridized carbons (Fsp3) is 0.444. The molecule has 27 heavy (non-hydrogen) atoms. The molecule has 0 fully saturated rings. The fourth-order valence-corrected chi connectivity index (χ4v) is 2.40. The smallest absolute Gasteiger partial charge is 0.361 e. The van der Waals surface area contributed by atoms with Crippen molar-refractivity contribution in [2.24, 2.45) is 0 Å². The quantitative estimate of drug-likeness (QED) is 0.496. The van der Waals surface area contributed by atoms with Crippen LogP contribution in [0.15, 0.2) is 18.2 Å². The first-order valence-corrected chi connectivity index (χ1v) is 8.66. The Morgan fingerprint density at radius 3 is 2.59 bits per heavy atom. The Kier molecular flexibility index (Phi) is 7.60. The van der Waals surface area contributed by atoms with Gasteiger partial charge in [0, 0.05) is 6.42 Å². The summed E-state index contributed by atoms with van der Waals surface area (Å²) in [6.45, 7) is 4.30. The van der Waals surface area contributed by atoms with E-state index >= 15 is 0 Å². The maximum Gasteiger partial charge on any atom is 0.361 e. The number of nitrogens with one attached hydrogen (secondary N) is 1. The average molecular weight is 377 g/mol. The maximum absolute atomic E-state index is 12.1. The summed E-state index contributed by atoms with van der Waals surface area (Å²) < 4.78 is 21.1. The molecule has 0 atom stereocenters. The predicted octanol–water partition coefficient (Wildman–Crippen LogP) is 2.38. The first-order valence-electron chi connectivity index (χ1n) is 8.66. The number of methoxy groups -OCH3 is 1. The topological polar surface area (TPSA) is 113 Å². The Morgan fingerprint density at radius 2 is 1.89 bits per heavy atom. The summed E-state index contributed by atoms with van der Waals surface area (Å²) in [4.78, 5) is 23.5. The van der Waals surface area contributed by atoms with Gasteiger partial charge in [0.25, 0.3) is 0 Å². The Morgan fingerprint density at radius 1 is 1.11 bits per heavy atom. The van der Waals surface area contributed by atoms with Gasteiger partial charge in [0.1, 0.15) is 5.69 Å². The number of aromatic nitrogens is 3. The summed E-state index contributed by atoms with van der Waals surface area (Å²) >= 11 is 0. The largest absolute Gasteiger partial charge is 0.493 e. The molecule has 0 saturated carbocycles. The highest BCUT2D eigenvalue weighted by Gasteiger charge is 2.23. The fourth-order valence-electron chi connectivity index (χ4n) is 2.40. The molecule has 0 amide bonds. The summed E-state index contributed by atoms with van der Waals surface area (Å²) in [5, 5.41) is 10.4. The van der Waals surface area contributed by atoms with Crippen molar-refractivity contribution in [2.45, 2.75) is 26.7 Å². The summed E-state index contributed by atoms with van der Waals surface area (Å²) in [7, 11) is 1.51. The lowest BCUT2D eigenvalue weighted by Gasteiger charge is -2.14. The number of carbonyl (C=O) groups excluding carboxylic acids is 2. The van der Waals surface area contributed by atoms with Crippen LogP contribution in [-0.2, 0) is 14.3 Å². The van der Waals surface area contributed by atoms with Crippen molar-refractivity contribution < 1.29 is 28.5 Å². The van der Waals surface area contributed by atoms with E-state index in [2.05, 4.69) is 15.4 Å². The molecule has 0 unspecified atom stereocenters. The average Bonchev–Trinajstić information content (AvgIpc) is 3.15. The van der Waals surface area contributed by atoms with Crippen molar-refractivity contribution in [3.8, 4) is 22.8 Å². The predicted molar refractivity (Wildman–Crippen MR) is 95.7 cm³/mol. The molecule has 1 heterocycles. The number of benzene rings is 1. The molecule has 1 aromatic heterocycles. The van der Waals surface area contributed by atoms with E-state index in [9.17, 15) is 9.59 Å². The van der Waals surface area contributed by atoms with Gasteiger partial charge in [-0.3, -0.25) is 4.79 Å². The summed E-state index contributed by atoms with van der Waals surface area (Å²) in [6, 6.07) is 5.22. The number of rotatable bonds is 10. The molecule has 146 valence electrons. The van der Waals surface area contributed by atoms with E-state index in [1.54, 1.807) is 32.0 Å². The highest BCUT2D eigenvalue weighted by Crippen LogP contribution is 2.38. The van der Waals surface area contributed by atoms with Crippen LogP contribution in [0.2, 0.25) is 0 Å². The van der Waals surface area contributed by atoms with Crippen molar-refractivity contribution in [2.75, 3.05) is 26.9 Å². The van der Waals surface area contributed by atoms with E-state index in [0.717, 1.165) is 0 Å². The molecule has 0 spiro atoms. The molecule has 0 aliphatic rings. The van der Waals surface area contributed by atoms with Gasteiger partial charge in [-0.15, -0.1) is 5.10 Å². The van der Waals surface area contributed by atoms with Crippen LogP contribution in [-0.4, -0.2) is 54.3 Å². The second kappa shape index (κ2) is 10.1. The zero-order valence-corrected chi connectivity index (χ0v) is 15.6. The van der Waals surface area contributed by atoms with E-state index in [-0.39, 0.29) is 31.3 Å². The van der Waals surface area contributed by atoms with E-state index in [4.69, 9.17) is 18.9 Å². The number of para-hydroxylation sites is 1. The van der Waals surface area contributed by atoms with Gasteiger partial charge in [-0.05, 0) is 32.4 Å². The van der Waals surface area contributed by atoms with Crippen molar-refractivity contribution >= 4 is 11.9 Å². The molecular weight excluding hydrogens is 354 g/mol. The second-order valence-electron chi connectivity index (χ2n) is 5.34. The minimum absolute atomic E-state index is 0.0569. The molecule has 0 bridgehead atoms. The minimum Gasteiger partial charge on any atom is -0.493 e. The van der Waals surface area contributed by atoms with Crippen LogP contribution in [0, 0.1) is 0 Å². The van der Waals surface area contributed by atoms with Crippen LogP contribution in [0.3, 0.4) is 0 Å². The molecule has 2 aromatic rings. The normalized spacial score (nSPS) is 10.3. The van der Waals surface area contributed by atoms with Crippen LogP contribution < -0.4 is 9.47 Å². The Hall–Kier alpha value is -3.10. The number of ether oxygens (including phenoxy) is 4. The van der Waals surface area contributed by atoms with Crippen LogP contribution in [0.25, 0.3) is 11.3 Å². The van der Waals surface area contributed by atoms with E-state index in [1.807, 2.05) is 0 Å². The van der Waals surface area contributed by atoms with E-state index in [0.29, 0.717) is 35.8 Å². The van der Waals surface area contributed by atoms with Crippen molar-refractivity contribution in [3.63, 3.8) is 0 Å². The zero-order chi connectivity index (χ0) is 19.6. The molecule has 0 aliphatic carbocycles. The van der Waals surface area contributed by atoms with Gasteiger partial charge in [0.05, 0.1) is 32.5 Å². The number of hydrogen-bond donors (Lipinski definition) is 1. The molecule has 9 nitrogen and oxygen atoms in total. The molecule has 0 radical (unpaired) electrons. The highest BCUT2D eigenvalue weighted by atomic mass is 16.5. The van der Waals surface area contributed by atoms with Gasteiger partial charge in [-0.25, -0.2) is 4.79 Å². The van der Waals surface area contributed by atoms with Gasteiger partial charge < -0.3 is 18.9 Å². The minimum atomic E-state index is -0.586. The van der Waals surface area contributed by atoms with Gasteiger partial charge in [-0.2, -0.15) is 10.3 Å². The van der Waals surface area contributed by atoms with E-state index < -0.39 is 5.97 Å². The molecule has 9 heteroatoms. The van der Waals surface area contributed by atoms with Crippen LogP contribution >= 0.6 is 0 Å². The van der Waals surface area contributed by atoms with Crippen LogP contribution in [0.1, 0.15) is 37.2 Å². The van der Waals surface area contributed by atoms with Crippen molar-refractivity contribution in [1.82, 2.24) is 15.4 Å². The van der Waals surface area contributed by atoms with Crippen molar-refractivity contribution in [3.05, 3.63) is 23.9 Å². The lowest BCUT2D eigenvalue weighted by Crippen LogP contribution is -2.09. The molecule has 0 aliphatic heterocycles. The lowest BCUT2D eigenvalue weighted by molar-refractivity contribution is -0.143. The third kappa shape index (κ3) is 5.19. The van der Waals surface area contributed by atoms with Crippen LogP contribution in [0.5, 0.6) is 11.5 Å². The third-order valence-corrected chi connectivity index (χ3v) is 3.55. The monoisotopic (exact) mass is 377 g/mol. The zero-order valence-electron chi connectivity index (χ0n) is 15.6. The Labute approximate surface area is 157 Å². The van der Waals surface area contributed by atoms with Gasteiger partial charge in [0.2, 0.25) is 0 Å². The number of nitrogens with zero attached hydrogens (tertiary/aromatic N) is 2. The first-order chi connectivity index (χ1) is 13.1. The molecule has 0 saturated heterocycles. The number of hydrogen-bond acceptors (Lipinski definition) is 8. The standard InChI is InChI=1S/C18H23N3O6/c1-4-25-14(22)10-7-11-27-17-12(8-6-9-13(17)24-3)15-16(20-21-19-15)18(23)26-5-2/h6,8-9H,4-5,7,10-11H2,1-3H3,(H,19,20,21). The van der Waals surface area contributed by atoms with Gasteiger partial charge in [-0.1, -0.05) is 6.07 Å². The number of aromatic amines is 1. The lowest BCUT2D eigenvalue weighted by atomic mass is 10.1. The Balaban J connectivity index is 2.22. The highest BCUT2D eigenvalue weighted by molar-refractivity contribution is 5.95. The van der Waals surface area contributed by atoms with E-state index in [1.165, 1.54) is 7.11 Å².